The average Bonchev–Trinajstić information content (AvgIpc) is 3.29. The molecule has 0 aliphatic heterocycles. The highest BCUT2D eigenvalue weighted by Crippen LogP contribution is 2.15. The van der Waals surface area contributed by atoms with Crippen LogP contribution in [0.1, 0.15) is 133 Å². The molecule has 0 bridgehead atoms. The Morgan fingerprint density at radius 1 is 0.580 bits per heavy atom. The molecule has 0 heterocycles. The summed E-state index contributed by atoms with van der Waals surface area (Å²) in [6.45, 7) is 20.6. The Morgan fingerprint density at radius 2 is 0.926 bits per heavy atom. The van der Waals surface area contributed by atoms with Crippen molar-refractivity contribution in [2.24, 2.45) is 10.1 Å². The first-order valence-electron chi connectivity index (χ1n) is 24.3. The summed E-state index contributed by atoms with van der Waals surface area (Å²) in [5, 5.41) is 8.54. The van der Waals surface area contributed by atoms with Crippen LogP contribution in [-0.2, 0) is 102 Å². The molecule has 458 valence electrons. The summed E-state index contributed by atoms with van der Waals surface area (Å²) in [5.41, 5.74) is 5.36. The summed E-state index contributed by atoms with van der Waals surface area (Å²) in [5.74, 6) is 0.695. The van der Waals surface area contributed by atoms with Gasteiger partial charge in [0.1, 0.15) is 47.7 Å². The standard InChI is InChI=1S/C21H32N2O8S.C13H25NO4.C9H11NO4S.C7H8O.C3H5NO2S.CH4/c1-20(2,3)30-17(24)13-12-16(18(25)31-21(4,5)6)22-32(27,28)23-19(26)29-14-15-10-8-7-9-11-15;1-12(2,3)17-10(15)8-7-9(14)11(16)18-13(4,5)6;1-15(12,13)10-9(11)14-7-8-5-3-2-4-6-8;8-6-7-4-2-1-3-5-7;1-7(2,6)4-3-5;/h7-11,16,22H,12-14H2,1-6H3,(H,23,26);9H,7-8,14H2,1-6H3;2-6H,7H2,1H3,(H,10,11);1-5,8H,6H2;1H2,2H3;1H4/t16-;9-;;;;/m00..../s1. The van der Waals surface area contributed by atoms with E-state index in [1.807, 2.05) is 41.1 Å². The van der Waals surface area contributed by atoms with Gasteiger partial charge in [0.05, 0.1) is 22.6 Å². The van der Waals surface area contributed by atoms with E-state index in [1.54, 1.807) is 147 Å². The number of nitrogens with two attached hydrogens (primary N) is 1. The van der Waals surface area contributed by atoms with E-state index in [4.69, 9.17) is 34.5 Å². The second-order valence-electron chi connectivity index (χ2n) is 21.0. The van der Waals surface area contributed by atoms with E-state index in [-0.39, 0.29) is 58.9 Å². The van der Waals surface area contributed by atoms with Crippen molar-refractivity contribution >= 4 is 78.0 Å². The molecule has 0 aliphatic carbocycles. The van der Waals surface area contributed by atoms with Gasteiger partial charge in [0.25, 0.3) is 0 Å². The van der Waals surface area contributed by atoms with Crippen LogP contribution in [0.3, 0.4) is 0 Å². The molecule has 6 N–H and O–H groups in total. The maximum Gasteiger partial charge on any atom is 0.422 e. The van der Waals surface area contributed by atoms with Crippen molar-refractivity contribution in [1.82, 2.24) is 14.2 Å². The summed E-state index contributed by atoms with van der Waals surface area (Å²) < 4.78 is 94.7. The molecule has 0 radical (unpaired) electrons. The molecule has 3 rings (SSSR count). The van der Waals surface area contributed by atoms with Crippen LogP contribution in [0.15, 0.2) is 95.4 Å². The van der Waals surface area contributed by atoms with Crippen molar-refractivity contribution in [1.29, 1.82) is 0 Å². The number of isocyanates is 1. The zero-order valence-corrected chi connectivity index (χ0v) is 50.5. The smallest absolute Gasteiger partial charge is 0.422 e. The van der Waals surface area contributed by atoms with Crippen LogP contribution in [0.4, 0.5) is 9.59 Å². The molecule has 3 aromatic carbocycles. The highest BCUT2D eigenvalue weighted by Gasteiger charge is 2.31. The third-order valence-corrected chi connectivity index (χ3v) is 10.0. The number of hydrogen-bond donors (Lipinski definition) is 5. The van der Waals surface area contributed by atoms with Crippen LogP contribution < -0.4 is 19.9 Å². The molecule has 2 amide bonds. The van der Waals surface area contributed by atoms with Crippen LogP contribution in [0.2, 0.25) is 0 Å². The Bertz CT molecular complexity index is 2770. The quantitative estimate of drug-likeness (QED) is 0.0293. The van der Waals surface area contributed by atoms with Crippen molar-refractivity contribution in [2.45, 2.75) is 171 Å². The topological polar surface area (TPSA) is 355 Å². The molecule has 81 heavy (non-hydrogen) atoms. The molecular weight excluding hydrogens is 1120 g/mol. The van der Waals surface area contributed by atoms with Gasteiger partial charge in [-0.15, -0.1) is 4.40 Å². The van der Waals surface area contributed by atoms with Crippen LogP contribution in [-0.4, -0.2) is 121 Å². The Morgan fingerprint density at radius 3 is 1.23 bits per heavy atom. The average molecular weight is 1200 g/mol. The van der Waals surface area contributed by atoms with Gasteiger partial charge < -0.3 is 39.3 Å². The van der Waals surface area contributed by atoms with Crippen molar-refractivity contribution in [3.63, 3.8) is 0 Å². The van der Waals surface area contributed by atoms with Gasteiger partial charge in [-0.2, -0.15) is 13.1 Å². The molecule has 0 aromatic heterocycles. The number of aliphatic hydroxyl groups excluding tert-OH is 1. The minimum Gasteiger partial charge on any atom is -0.460 e. The Labute approximate surface area is 479 Å². The lowest BCUT2D eigenvalue weighted by Gasteiger charge is -2.25. The van der Waals surface area contributed by atoms with Crippen molar-refractivity contribution < 1.29 is 88.1 Å². The molecule has 0 saturated heterocycles. The highest BCUT2D eigenvalue weighted by atomic mass is 32.2. The summed E-state index contributed by atoms with van der Waals surface area (Å²) in [4.78, 5) is 79.6. The third kappa shape index (κ3) is 50.0. The van der Waals surface area contributed by atoms with E-state index in [2.05, 4.69) is 15.0 Å². The van der Waals surface area contributed by atoms with Gasteiger partial charge in [-0.3, -0.25) is 19.2 Å². The summed E-state index contributed by atoms with van der Waals surface area (Å²) in [6, 6.07) is 24.9. The van der Waals surface area contributed by atoms with E-state index in [0.29, 0.717) is 5.56 Å². The van der Waals surface area contributed by atoms with E-state index in [1.165, 1.54) is 6.26 Å². The normalized spacial score (nSPS) is 12.6. The third-order valence-electron chi connectivity index (χ3n) is 8.00. The number of carbonyl (C=O) groups excluding carboxylic acids is 7. The first-order valence-corrected chi connectivity index (χ1v) is 29.8. The molecule has 1 unspecified atom stereocenters. The van der Waals surface area contributed by atoms with E-state index in [9.17, 15) is 54.6 Å². The number of amides is 2. The van der Waals surface area contributed by atoms with Crippen molar-refractivity contribution in [2.75, 3.05) is 12.5 Å². The first kappa shape index (κ1) is 78.5. The molecule has 0 saturated carbocycles. The Balaban J connectivity index is -0.00000105. The van der Waals surface area contributed by atoms with Gasteiger partial charge in [-0.25, -0.2) is 36.5 Å². The fraction of sp³-hybridized carbons (Fsp3) is 0.519. The molecule has 3 atom stereocenters. The lowest BCUT2D eigenvalue weighted by Crippen LogP contribution is -2.50. The highest BCUT2D eigenvalue weighted by molar-refractivity contribution is 7.98. The van der Waals surface area contributed by atoms with Gasteiger partial charge in [-0.1, -0.05) is 98.4 Å². The second-order valence-corrected chi connectivity index (χ2v) is 26.3. The SMILES string of the molecule is C.C=S(C)(=O)N=C=O.CC(C)(C)OC(=O)CC[C@H](N)C(=O)OC(C)(C)C.CC(C)(C)OC(=O)CC[C@H](NS(=O)(=O)NC(=O)OCc1ccccc1)C(=O)OC(C)(C)C.CS(=O)(=O)NC(=O)OCc1ccccc1.OCc1ccccc1. The van der Waals surface area contributed by atoms with E-state index < -0.39 is 94.5 Å². The number of nitrogens with zero attached hydrogens (tertiary/aromatic N) is 1. The number of ether oxygens (including phenoxy) is 6. The lowest BCUT2D eigenvalue weighted by molar-refractivity contribution is -0.160. The predicted octanol–water partition coefficient (Wildman–Crippen LogP) is 6.63. The minimum absolute atomic E-state index is 0. The zero-order valence-electron chi connectivity index (χ0n) is 48.0. The van der Waals surface area contributed by atoms with Crippen LogP contribution in [0, 0.1) is 0 Å². The first-order chi connectivity index (χ1) is 36.4. The molecule has 0 fully saturated rings. The molecule has 0 spiro atoms. The Hall–Kier alpha value is -6.74. The van der Waals surface area contributed by atoms with E-state index in [0.717, 1.165) is 23.5 Å². The van der Waals surface area contributed by atoms with Gasteiger partial charge >= 0.3 is 46.3 Å². The molecule has 3 aromatic rings. The maximum absolute atomic E-state index is 12.5. The number of hydrogen-bond acceptors (Lipinski definition) is 20. The van der Waals surface area contributed by atoms with Gasteiger partial charge in [0, 0.05) is 19.1 Å². The van der Waals surface area contributed by atoms with Crippen LogP contribution >= 0.6 is 0 Å². The Kier molecular flexibility index (Phi) is 36.1. The minimum atomic E-state index is -4.50. The summed E-state index contributed by atoms with van der Waals surface area (Å²) >= 11 is 0. The lowest BCUT2D eigenvalue weighted by atomic mass is 10.1. The van der Waals surface area contributed by atoms with Crippen LogP contribution in [0.5, 0.6) is 0 Å². The number of nitrogens with one attached hydrogen (secondary N) is 3. The molecule has 27 heteroatoms. The molecule has 0 aliphatic rings. The number of benzene rings is 3. The number of aliphatic hydroxyl groups is 1. The van der Waals surface area contributed by atoms with Gasteiger partial charge in [-0.05, 0) is 118 Å². The van der Waals surface area contributed by atoms with Gasteiger partial charge in [0.15, 0.2) is 0 Å². The fourth-order valence-corrected chi connectivity index (χ4v) is 6.50. The molecule has 24 nitrogen and oxygen atoms in total. The zero-order chi connectivity index (χ0) is 62.2. The summed E-state index contributed by atoms with van der Waals surface area (Å²) in [6.07, 6.45) is 0.950. The van der Waals surface area contributed by atoms with Crippen molar-refractivity contribution in [3.05, 3.63) is 108 Å². The number of carbonyl (C=O) groups is 6. The fourth-order valence-electron chi connectivity index (χ4n) is 5.06. The largest absolute Gasteiger partial charge is 0.460 e. The summed E-state index contributed by atoms with van der Waals surface area (Å²) in [7, 11) is -10.5. The van der Waals surface area contributed by atoms with Crippen molar-refractivity contribution in [3.8, 4) is 0 Å². The number of rotatable bonds is 18. The maximum atomic E-state index is 12.5. The second kappa shape index (κ2) is 37.3. The monoisotopic (exact) mass is 1200 g/mol. The van der Waals surface area contributed by atoms with Crippen LogP contribution in [0.25, 0.3) is 0 Å². The predicted molar refractivity (Wildman–Crippen MR) is 308 cm³/mol. The van der Waals surface area contributed by atoms with Gasteiger partial charge in [0.2, 0.25) is 16.1 Å². The van der Waals surface area contributed by atoms with E-state index >= 15 is 0 Å². The number of esters is 4. The number of sulfonamides is 1. The molecular formula is C54H85N5O19S3.